The van der Waals surface area contributed by atoms with E-state index < -0.39 is 11.2 Å². The van der Waals surface area contributed by atoms with Crippen LogP contribution in [-0.2, 0) is 11.3 Å². The van der Waals surface area contributed by atoms with E-state index >= 15 is 0 Å². The fourth-order valence-electron chi connectivity index (χ4n) is 3.83. The Balaban J connectivity index is 1.77. The zero-order valence-electron chi connectivity index (χ0n) is 18.8. The Morgan fingerprint density at radius 1 is 1.03 bits per heavy atom. The van der Waals surface area contributed by atoms with Crippen LogP contribution in [0.3, 0.4) is 0 Å². The van der Waals surface area contributed by atoms with Gasteiger partial charge in [-0.2, -0.15) is 0 Å². The van der Waals surface area contributed by atoms with Crippen molar-refractivity contribution in [2.75, 3.05) is 6.61 Å². The normalized spacial score (nSPS) is 11.9. The smallest absolute Gasteiger partial charge is 0.336 e. The van der Waals surface area contributed by atoms with Crippen LogP contribution < -0.4 is 21.3 Å². The molecule has 0 saturated carbocycles. The van der Waals surface area contributed by atoms with E-state index in [4.69, 9.17) is 16.3 Å². The zero-order valence-corrected chi connectivity index (χ0v) is 19.6. The molecule has 0 aliphatic carbocycles. The molecule has 0 bridgehead atoms. The Morgan fingerprint density at radius 3 is 2.41 bits per heavy atom. The molecule has 8 heteroatoms. The average Bonchev–Trinajstić information content (AvgIpc) is 2.83. The van der Waals surface area contributed by atoms with E-state index in [1.807, 2.05) is 44.2 Å². The monoisotopic (exact) mass is 477 g/mol. The predicted octanol–water partition coefficient (Wildman–Crippen LogP) is 4.08. The molecule has 4 aromatic rings. The highest BCUT2D eigenvalue weighted by Crippen LogP contribution is 2.18. The van der Waals surface area contributed by atoms with E-state index in [0.717, 1.165) is 10.1 Å². The number of halogens is 1. The number of amides is 1. The van der Waals surface area contributed by atoms with Gasteiger partial charge in [0.15, 0.2) is 0 Å². The Bertz CT molecular complexity index is 1440. The number of hydrogen-bond donors (Lipinski definition) is 1. The largest absolute Gasteiger partial charge is 0.494 e. The van der Waals surface area contributed by atoms with Gasteiger partial charge in [0.25, 0.3) is 5.56 Å². The van der Waals surface area contributed by atoms with Gasteiger partial charge < -0.3 is 10.1 Å². The third kappa shape index (κ3) is 4.75. The van der Waals surface area contributed by atoms with E-state index in [1.54, 1.807) is 36.4 Å². The van der Waals surface area contributed by atoms with E-state index in [0.29, 0.717) is 28.6 Å². The van der Waals surface area contributed by atoms with E-state index in [1.165, 1.54) is 10.6 Å². The summed E-state index contributed by atoms with van der Waals surface area (Å²) in [5.74, 6) is 0.262. The Labute approximate surface area is 201 Å². The van der Waals surface area contributed by atoms with Crippen molar-refractivity contribution in [3.8, 4) is 11.4 Å². The second-order valence-corrected chi connectivity index (χ2v) is 8.23. The van der Waals surface area contributed by atoms with Crippen LogP contribution in [-0.4, -0.2) is 21.6 Å². The van der Waals surface area contributed by atoms with Crippen molar-refractivity contribution in [2.45, 2.75) is 26.4 Å². The van der Waals surface area contributed by atoms with Gasteiger partial charge in [0.1, 0.15) is 12.3 Å². The van der Waals surface area contributed by atoms with Crippen molar-refractivity contribution in [3.63, 3.8) is 0 Å². The summed E-state index contributed by atoms with van der Waals surface area (Å²) in [6, 6.07) is 20.6. The van der Waals surface area contributed by atoms with Gasteiger partial charge in [-0.3, -0.25) is 14.2 Å². The summed E-state index contributed by atoms with van der Waals surface area (Å²) in [4.78, 5) is 39.7. The van der Waals surface area contributed by atoms with Gasteiger partial charge in [-0.05, 0) is 61.9 Å². The van der Waals surface area contributed by atoms with Crippen molar-refractivity contribution < 1.29 is 9.53 Å². The van der Waals surface area contributed by atoms with Crippen LogP contribution in [0.25, 0.3) is 16.6 Å². The number of hydrogen-bond acceptors (Lipinski definition) is 4. The van der Waals surface area contributed by atoms with Crippen LogP contribution in [0.2, 0.25) is 5.02 Å². The lowest BCUT2D eigenvalue weighted by Crippen LogP contribution is -2.42. The number of carbonyl (C=O) groups excluding carboxylic acids is 1. The highest BCUT2D eigenvalue weighted by atomic mass is 35.5. The minimum absolute atomic E-state index is 0.253. The number of rotatable bonds is 7. The lowest BCUT2D eigenvalue weighted by Gasteiger charge is -2.17. The fourth-order valence-corrected chi connectivity index (χ4v) is 4.00. The molecule has 1 atom stereocenters. The summed E-state index contributed by atoms with van der Waals surface area (Å²) in [5.41, 5.74) is 0.492. The van der Waals surface area contributed by atoms with Gasteiger partial charge in [-0.15, -0.1) is 0 Å². The van der Waals surface area contributed by atoms with Gasteiger partial charge in [0.05, 0.1) is 29.2 Å². The van der Waals surface area contributed by atoms with E-state index in [-0.39, 0.29) is 23.9 Å². The Hall–Kier alpha value is -3.84. The number of benzene rings is 3. The van der Waals surface area contributed by atoms with Crippen LogP contribution in [0.4, 0.5) is 0 Å². The number of ether oxygens (including phenoxy) is 1. The van der Waals surface area contributed by atoms with Crippen LogP contribution in [0.5, 0.6) is 5.75 Å². The van der Waals surface area contributed by atoms with Crippen molar-refractivity contribution in [1.29, 1.82) is 0 Å². The molecule has 0 aliphatic heterocycles. The molecule has 0 spiro atoms. The van der Waals surface area contributed by atoms with Crippen LogP contribution >= 0.6 is 11.6 Å². The lowest BCUT2D eigenvalue weighted by atomic mass is 10.1. The lowest BCUT2D eigenvalue weighted by molar-refractivity contribution is -0.122. The van der Waals surface area contributed by atoms with Gasteiger partial charge in [-0.1, -0.05) is 41.9 Å². The molecule has 0 aliphatic rings. The van der Waals surface area contributed by atoms with E-state index in [2.05, 4.69) is 5.32 Å². The maximum absolute atomic E-state index is 13.5. The number of nitrogens with one attached hydrogen (secondary N) is 1. The predicted molar refractivity (Wildman–Crippen MR) is 133 cm³/mol. The highest BCUT2D eigenvalue weighted by molar-refractivity contribution is 6.31. The topological polar surface area (TPSA) is 82.3 Å². The van der Waals surface area contributed by atoms with Crippen molar-refractivity contribution >= 4 is 28.4 Å². The van der Waals surface area contributed by atoms with Gasteiger partial charge in [-0.25, -0.2) is 9.36 Å². The van der Waals surface area contributed by atoms with Crippen molar-refractivity contribution in [2.24, 2.45) is 0 Å². The first-order valence-electron chi connectivity index (χ1n) is 10.9. The molecule has 1 amide bonds. The molecule has 4 rings (SSSR count). The number of fused-ring (bicyclic) bond motifs is 1. The summed E-state index contributed by atoms with van der Waals surface area (Å²) in [7, 11) is 0. The summed E-state index contributed by atoms with van der Waals surface area (Å²) >= 11 is 6.16. The molecule has 34 heavy (non-hydrogen) atoms. The minimum Gasteiger partial charge on any atom is -0.494 e. The molecule has 1 heterocycles. The van der Waals surface area contributed by atoms with Crippen LogP contribution in [0.1, 0.15) is 25.5 Å². The zero-order chi connectivity index (χ0) is 24.2. The van der Waals surface area contributed by atoms with Gasteiger partial charge in [0, 0.05) is 5.02 Å². The molecular formula is C26H24ClN3O4. The molecule has 1 aromatic heterocycles. The number of nitrogens with zero attached hydrogens (tertiary/aromatic N) is 2. The summed E-state index contributed by atoms with van der Waals surface area (Å²) < 4.78 is 7.78. The molecule has 1 N–H and O–H groups in total. The summed E-state index contributed by atoms with van der Waals surface area (Å²) in [6.45, 7) is 3.96. The molecule has 174 valence electrons. The maximum atomic E-state index is 13.5. The second-order valence-electron chi connectivity index (χ2n) is 7.80. The molecule has 0 fully saturated rings. The first-order chi connectivity index (χ1) is 16.4. The molecule has 3 aromatic carbocycles. The first-order valence-corrected chi connectivity index (χ1v) is 11.3. The average molecular weight is 478 g/mol. The van der Waals surface area contributed by atoms with Crippen LogP contribution in [0, 0.1) is 0 Å². The molecule has 0 saturated heterocycles. The van der Waals surface area contributed by atoms with Gasteiger partial charge in [0.2, 0.25) is 5.91 Å². The van der Waals surface area contributed by atoms with Crippen molar-refractivity contribution in [1.82, 2.24) is 14.5 Å². The molecular weight excluding hydrogens is 454 g/mol. The third-order valence-corrected chi connectivity index (χ3v) is 5.73. The summed E-state index contributed by atoms with van der Waals surface area (Å²) in [5, 5.41) is 3.55. The maximum Gasteiger partial charge on any atom is 0.336 e. The number of aromatic nitrogens is 2. The van der Waals surface area contributed by atoms with Crippen molar-refractivity contribution in [3.05, 3.63) is 104 Å². The SMILES string of the molecule is CCOc1ccc(-n2c(=O)c3ccc(Cl)cc3n(CC(=O)N[C@H](C)c3ccccc3)c2=O)cc1. The molecule has 0 unspecified atom stereocenters. The van der Waals surface area contributed by atoms with Crippen LogP contribution in [0.15, 0.2) is 82.4 Å². The standard InChI is InChI=1S/C26H24ClN3O4/c1-3-34-21-12-10-20(11-13-21)30-25(32)22-14-9-19(27)15-23(22)29(26(30)33)16-24(31)28-17(2)18-7-5-4-6-8-18/h4-15,17H,3,16H2,1-2H3,(H,28,31)/t17-/m1/s1. The minimum atomic E-state index is -0.633. The Kier molecular flexibility index (Phi) is 6.84. The first kappa shape index (κ1) is 23.3. The van der Waals surface area contributed by atoms with Gasteiger partial charge >= 0.3 is 5.69 Å². The summed E-state index contributed by atoms with van der Waals surface area (Å²) in [6.07, 6.45) is 0. The van der Waals surface area contributed by atoms with E-state index in [9.17, 15) is 14.4 Å². The molecule has 0 radical (unpaired) electrons. The Morgan fingerprint density at radius 2 is 1.74 bits per heavy atom. The quantitative estimate of drug-likeness (QED) is 0.435. The highest BCUT2D eigenvalue weighted by Gasteiger charge is 2.18. The number of carbonyl (C=O) groups is 1. The second kappa shape index (κ2) is 9.97. The fraction of sp³-hybridized carbons (Fsp3) is 0.192. The third-order valence-electron chi connectivity index (χ3n) is 5.49. The molecule has 7 nitrogen and oxygen atoms in total.